The smallest absolute Gasteiger partial charge is 0.230 e. The first-order valence-corrected chi connectivity index (χ1v) is 17.1. The monoisotopic (exact) mass is 656 g/mol. The second-order valence-electron chi connectivity index (χ2n) is 12.5. The number of nitrogens with zero attached hydrogens (tertiary/aromatic N) is 2. The van der Waals surface area contributed by atoms with Crippen molar-refractivity contribution in [3.63, 3.8) is 0 Å². The molecule has 0 bridgehead atoms. The van der Waals surface area contributed by atoms with Crippen LogP contribution in [0.2, 0.25) is 0 Å². The summed E-state index contributed by atoms with van der Waals surface area (Å²) in [5.74, 6) is 1.56. The molecular formula is C47H32N2O2. The molecule has 0 unspecified atom stereocenters. The predicted octanol–water partition coefficient (Wildman–Crippen LogP) is 11.9. The first kappa shape index (κ1) is 30.3. The quantitative estimate of drug-likeness (QED) is 0.179. The van der Waals surface area contributed by atoms with Crippen LogP contribution in [-0.2, 0) is 0 Å². The van der Waals surface area contributed by atoms with Crippen molar-refractivity contribution in [2.75, 3.05) is 6.79 Å². The Morgan fingerprint density at radius 3 is 0.922 bits per heavy atom. The molecule has 2 aromatic heterocycles. The Balaban J connectivity index is 1.18. The van der Waals surface area contributed by atoms with Gasteiger partial charge in [-0.05, 0) is 70.8 Å². The lowest BCUT2D eigenvalue weighted by Crippen LogP contribution is -2.03. The van der Waals surface area contributed by atoms with Crippen LogP contribution in [0.25, 0.3) is 78.4 Å². The van der Waals surface area contributed by atoms with Gasteiger partial charge in [0.25, 0.3) is 0 Å². The lowest BCUT2D eigenvalue weighted by atomic mass is 9.93. The fourth-order valence-corrected chi connectivity index (χ4v) is 6.67. The second kappa shape index (κ2) is 13.3. The van der Waals surface area contributed by atoms with Crippen LogP contribution < -0.4 is 9.47 Å². The fraction of sp³-hybridized carbons (Fsp3) is 0.0213. The summed E-state index contributed by atoms with van der Waals surface area (Å²) < 4.78 is 12.3. The van der Waals surface area contributed by atoms with Gasteiger partial charge in [0.2, 0.25) is 6.79 Å². The molecule has 9 rings (SSSR count). The molecule has 0 N–H and O–H groups in total. The van der Waals surface area contributed by atoms with Crippen molar-refractivity contribution < 1.29 is 9.47 Å². The van der Waals surface area contributed by atoms with Crippen LogP contribution in [0.1, 0.15) is 0 Å². The molecule has 6 aromatic carbocycles. The molecule has 3 heterocycles. The zero-order valence-corrected chi connectivity index (χ0v) is 27.7. The van der Waals surface area contributed by atoms with E-state index in [1.54, 1.807) is 0 Å². The summed E-state index contributed by atoms with van der Waals surface area (Å²) >= 11 is 0. The maximum atomic E-state index is 6.16. The van der Waals surface area contributed by atoms with Crippen LogP contribution in [-0.4, -0.2) is 16.8 Å². The topological polar surface area (TPSA) is 44.2 Å². The number of rotatable bonds is 6. The zero-order chi connectivity index (χ0) is 34.0. The van der Waals surface area contributed by atoms with Crippen molar-refractivity contribution in [2.24, 2.45) is 0 Å². The Labute approximate surface area is 297 Å². The molecule has 4 heteroatoms. The number of aromatic nitrogens is 2. The van der Waals surface area contributed by atoms with Crippen LogP contribution in [0, 0.1) is 0 Å². The number of hydrogen-bond donors (Lipinski definition) is 0. The Morgan fingerprint density at radius 1 is 0.294 bits per heavy atom. The highest BCUT2D eigenvalue weighted by atomic mass is 16.7. The van der Waals surface area contributed by atoms with Gasteiger partial charge in [-0.15, -0.1) is 0 Å². The van der Waals surface area contributed by atoms with E-state index in [1.807, 2.05) is 36.4 Å². The van der Waals surface area contributed by atoms with Gasteiger partial charge in [-0.3, -0.25) is 0 Å². The summed E-state index contributed by atoms with van der Waals surface area (Å²) in [5.41, 5.74) is 14.2. The zero-order valence-electron chi connectivity index (χ0n) is 27.7. The standard InChI is InChI=1S/C47H32N2O2/c1-5-13-32(14-6-1)42-27-38(28-43(48-42)33-15-7-2-8-16-33)36-21-23-46-40(25-36)41-26-37(22-24-47(41)51-31-50-46)39-29-44(34-17-9-3-10-18-34)49-45(30-39)35-19-11-4-12-20-35/h1-30H,31H2. The summed E-state index contributed by atoms with van der Waals surface area (Å²) in [7, 11) is 0. The number of fused-ring (bicyclic) bond motifs is 3. The number of hydrogen-bond acceptors (Lipinski definition) is 4. The highest BCUT2D eigenvalue weighted by Gasteiger charge is 2.20. The average Bonchev–Trinajstić information content (AvgIpc) is 3.40. The maximum Gasteiger partial charge on any atom is 0.230 e. The molecule has 0 spiro atoms. The Bertz CT molecular complexity index is 2190. The Morgan fingerprint density at radius 2 is 0.608 bits per heavy atom. The van der Waals surface area contributed by atoms with Crippen LogP contribution in [0.15, 0.2) is 182 Å². The maximum absolute atomic E-state index is 6.16. The van der Waals surface area contributed by atoms with Gasteiger partial charge >= 0.3 is 0 Å². The van der Waals surface area contributed by atoms with Crippen molar-refractivity contribution in [2.45, 2.75) is 0 Å². The molecule has 0 saturated heterocycles. The highest BCUT2D eigenvalue weighted by Crippen LogP contribution is 2.44. The largest absolute Gasteiger partial charge is 0.457 e. The SMILES string of the molecule is c1ccc(-c2cc(-c3ccc4c(c3)-c3cc(-c5cc(-c6ccccc6)nc(-c6ccccc6)c5)ccc3OCO4)cc(-c3ccccc3)n2)cc1. The molecule has 0 amide bonds. The van der Waals surface area contributed by atoms with Crippen LogP contribution >= 0.6 is 0 Å². The normalized spacial score (nSPS) is 11.8. The summed E-state index contributed by atoms with van der Waals surface area (Å²) in [6.45, 7) is 0.135. The molecule has 242 valence electrons. The van der Waals surface area contributed by atoms with Crippen molar-refractivity contribution in [3.05, 3.63) is 182 Å². The summed E-state index contributed by atoms with van der Waals surface area (Å²) in [6, 6.07) is 62.8. The molecule has 51 heavy (non-hydrogen) atoms. The molecule has 0 aliphatic carbocycles. The molecule has 0 fully saturated rings. The second-order valence-corrected chi connectivity index (χ2v) is 12.5. The van der Waals surface area contributed by atoms with Crippen LogP contribution in [0.5, 0.6) is 11.5 Å². The number of benzene rings is 6. The minimum atomic E-state index is 0.135. The van der Waals surface area contributed by atoms with Crippen molar-refractivity contribution in [1.82, 2.24) is 9.97 Å². The summed E-state index contributed by atoms with van der Waals surface area (Å²) in [5, 5.41) is 0. The number of pyridine rings is 2. The summed E-state index contributed by atoms with van der Waals surface area (Å²) in [6.07, 6.45) is 0. The highest BCUT2D eigenvalue weighted by molar-refractivity contribution is 5.87. The third-order valence-electron chi connectivity index (χ3n) is 9.27. The van der Waals surface area contributed by atoms with Gasteiger partial charge in [0, 0.05) is 33.4 Å². The first-order valence-electron chi connectivity index (χ1n) is 17.1. The minimum Gasteiger partial charge on any atom is -0.457 e. The lowest BCUT2D eigenvalue weighted by Gasteiger charge is -2.14. The van der Waals surface area contributed by atoms with Crippen LogP contribution in [0.4, 0.5) is 0 Å². The fourth-order valence-electron chi connectivity index (χ4n) is 6.67. The van der Waals surface area contributed by atoms with E-state index in [4.69, 9.17) is 19.4 Å². The van der Waals surface area contributed by atoms with E-state index < -0.39 is 0 Å². The molecule has 0 atom stereocenters. The molecule has 1 aliphatic rings. The molecular weight excluding hydrogens is 625 g/mol. The van der Waals surface area contributed by atoms with Gasteiger partial charge in [0.15, 0.2) is 0 Å². The van der Waals surface area contributed by atoms with Gasteiger partial charge in [-0.25, -0.2) is 9.97 Å². The minimum absolute atomic E-state index is 0.135. The van der Waals surface area contributed by atoms with Gasteiger partial charge in [0.1, 0.15) is 11.5 Å². The predicted molar refractivity (Wildman–Crippen MR) is 206 cm³/mol. The molecule has 0 saturated carbocycles. The first-order chi connectivity index (χ1) is 25.2. The third kappa shape index (κ3) is 6.16. The van der Waals surface area contributed by atoms with Gasteiger partial charge < -0.3 is 9.47 Å². The average molecular weight is 657 g/mol. The molecule has 1 aliphatic heterocycles. The lowest BCUT2D eigenvalue weighted by molar-refractivity contribution is 0.125. The van der Waals surface area contributed by atoms with E-state index in [-0.39, 0.29) is 6.79 Å². The molecule has 8 aromatic rings. The van der Waals surface area contributed by atoms with Gasteiger partial charge in [-0.1, -0.05) is 133 Å². The van der Waals surface area contributed by atoms with E-state index in [0.29, 0.717) is 0 Å². The van der Waals surface area contributed by atoms with Crippen molar-refractivity contribution in [1.29, 1.82) is 0 Å². The number of ether oxygens (including phenoxy) is 2. The van der Waals surface area contributed by atoms with E-state index in [0.717, 1.165) is 89.9 Å². The van der Waals surface area contributed by atoms with Gasteiger partial charge in [0.05, 0.1) is 22.8 Å². The van der Waals surface area contributed by atoms with Crippen molar-refractivity contribution in [3.8, 4) is 89.9 Å². The van der Waals surface area contributed by atoms with E-state index in [1.165, 1.54) is 0 Å². The Hall–Kier alpha value is -6.78. The molecule has 4 nitrogen and oxygen atoms in total. The third-order valence-corrected chi connectivity index (χ3v) is 9.27. The Kier molecular flexibility index (Phi) is 7.88. The van der Waals surface area contributed by atoms with Crippen molar-refractivity contribution >= 4 is 0 Å². The summed E-state index contributed by atoms with van der Waals surface area (Å²) in [4.78, 5) is 10.2. The van der Waals surface area contributed by atoms with E-state index in [2.05, 4.69) is 146 Å². The molecule has 0 radical (unpaired) electrons. The van der Waals surface area contributed by atoms with Gasteiger partial charge in [-0.2, -0.15) is 0 Å². The van der Waals surface area contributed by atoms with Crippen LogP contribution in [0.3, 0.4) is 0 Å². The van der Waals surface area contributed by atoms with E-state index in [9.17, 15) is 0 Å². The van der Waals surface area contributed by atoms with E-state index >= 15 is 0 Å².